The second-order valence-electron chi connectivity index (χ2n) is 11.8. The third-order valence-corrected chi connectivity index (χ3v) is 6.33. The van der Waals surface area contributed by atoms with Gasteiger partial charge in [0, 0.05) is 13.1 Å². The highest BCUT2D eigenvalue weighted by Gasteiger charge is 2.38. The number of carbonyl (C=O) groups is 4. The van der Waals surface area contributed by atoms with Crippen molar-refractivity contribution in [3.63, 3.8) is 0 Å². The highest BCUT2D eigenvalue weighted by molar-refractivity contribution is 5.86. The maximum Gasteiger partial charge on any atom is 0.411 e. The van der Waals surface area contributed by atoms with Crippen LogP contribution in [0, 0.1) is 0 Å². The lowest BCUT2D eigenvalue weighted by atomic mass is 9.92. The zero-order valence-electron chi connectivity index (χ0n) is 24.0. The predicted octanol–water partition coefficient (Wildman–Crippen LogP) is 4.61. The van der Waals surface area contributed by atoms with E-state index in [0.29, 0.717) is 31.5 Å². The van der Waals surface area contributed by atoms with Crippen LogP contribution in [0.25, 0.3) is 0 Å². The van der Waals surface area contributed by atoms with E-state index in [4.69, 9.17) is 15.2 Å². The van der Waals surface area contributed by atoms with Crippen LogP contribution in [0.4, 0.5) is 9.59 Å². The number of carbonyl (C=O) groups excluding carboxylic acids is 3. The fraction of sp³-hybridized carbons (Fsp3) is 0.467. The second-order valence-corrected chi connectivity index (χ2v) is 11.8. The first-order valence-electron chi connectivity index (χ1n) is 13.3. The third kappa shape index (κ3) is 7.52. The van der Waals surface area contributed by atoms with Crippen molar-refractivity contribution in [2.24, 2.45) is 5.73 Å². The number of carboxylic acid groups (broad SMARTS) is 1. The van der Waals surface area contributed by atoms with Gasteiger partial charge in [0.1, 0.15) is 17.2 Å². The molecule has 216 valence electrons. The van der Waals surface area contributed by atoms with Gasteiger partial charge in [0.2, 0.25) is 5.91 Å². The molecule has 2 heterocycles. The van der Waals surface area contributed by atoms with Crippen molar-refractivity contribution in [2.75, 3.05) is 13.1 Å². The molecule has 0 radical (unpaired) electrons. The average molecular weight is 554 g/mol. The first kappa shape index (κ1) is 30.5. The third-order valence-electron chi connectivity index (χ3n) is 6.33. The fourth-order valence-electron chi connectivity index (χ4n) is 4.74. The Morgan fingerprint density at radius 1 is 0.725 bits per heavy atom. The number of fused-ring (bicyclic) bond motifs is 2. The highest BCUT2D eigenvalue weighted by Crippen LogP contribution is 2.32. The maximum atomic E-state index is 12.2. The molecule has 2 aliphatic rings. The summed E-state index contributed by atoms with van der Waals surface area (Å²) in [6.07, 6.45) is 0.244. The first-order chi connectivity index (χ1) is 18.6. The Morgan fingerprint density at radius 2 is 1.10 bits per heavy atom. The largest absolute Gasteiger partial charge is 0.479 e. The number of hydrogen-bond acceptors (Lipinski definition) is 6. The summed E-state index contributed by atoms with van der Waals surface area (Å²) >= 11 is 0. The molecule has 2 aromatic rings. The van der Waals surface area contributed by atoms with E-state index in [9.17, 15) is 24.3 Å². The average Bonchev–Trinajstić information content (AvgIpc) is 2.85. The van der Waals surface area contributed by atoms with E-state index in [1.165, 1.54) is 9.80 Å². The molecule has 0 saturated heterocycles. The molecule has 0 fully saturated rings. The number of benzene rings is 2. The number of rotatable bonds is 2. The van der Waals surface area contributed by atoms with Gasteiger partial charge in [-0.15, -0.1) is 0 Å². The minimum absolute atomic E-state index is 0.350. The molecule has 0 aliphatic carbocycles. The van der Waals surface area contributed by atoms with E-state index in [0.717, 1.165) is 16.7 Å². The number of aliphatic carboxylic acids is 1. The molecule has 0 bridgehead atoms. The van der Waals surface area contributed by atoms with Gasteiger partial charge in [-0.25, -0.2) is 14.4 Å². The van der Waals surface area contributed by atoms with E-state index in [-0.39, 0.29) is 0 Å². The van der Waals surface area contributed by atoms with E-state index in [1.807, 2.05) is 36.4 Å². The highest BCUT2D eigenvalue weighted by atomic mass is 16.6. The molecule has 0 unspecified atom stereocenters. The monoisotopic (exact) mass is 553 g/mol. The number of amides is 3. The maximum absolute atomic E-state index is 12.2. The molecule has 2 aromatic carbocycles. The molecule has 10 heteroatoms. The molecule has 3 amide bonds. The SMILES string of the molecule is CC(C)(C)OC(=O)N1CCc2ccccc2[C@@H]1C(=O)O.CC(C)(C)OC(=O)N1CCc2ccccc2[C@@H]1C(N)=O. The smallest absolute Gasteiger partial charge is 0.411 e. The van der Waals surface area contributed by atoms with E-state index >= 15 is 0 Å². The number of ether oxygens (including phenoxy) is 2. The van der Waals surface area contributed by atoms with Crippen molar-refractivity contribution < 1.29 is 33.8 Å². The zero-order valence-corrected chi connectivity index (χ0v) is 24.0. The van der Waals surface area contributed by atoms with Crippen molar-refractivity contribution in [3.05, 3.63) is 70.8 Å². The summed E-state index contributed by atoms with van der Waals surface area (Å²) in [4.78, 5) is 50.4. The Labute approximate surface area is 235 Å². The topological polar surface area (TPSA) is 139 Å². The lowest BCUT2D eigenvalue weighted by molar-refractivity contribution is -0.143. The van der Waals surface area contributed by atoms with Gasteiger partial charge in [-0.3, -0.25) is 14.6 Å². The van der Waals surface area contributed by atoms with E-state index < -0.39 is 47.3 Å². The van der Waals surface area contributed by atoms with E-state index in [1.54, 1.807) is 53.7 Å². The lowest BCUT2D eigenvalue weighted by Gasteiger charge is -2.36. The van der Waals surface area contributed by atoms with Gasteiger partial charge in [0.05, 0.1) is 0 Å². The first-order valence-corrected chi connectivity index (χ1v) is 13.3. The Morgan fingerprint density at radius 3 is 1.48 bits per heavy atom. The molecule has 4 rings (SSSR count). The molecule has 10 nitrogen and oxygen atoms in total. The van der Waals surface area contributed by atoms with Crippen LogP contribution < -0.4 is 5.73 Å². The summed E-state index contributed by atoms with van der Waals surface area (Å²) in [6.45, 7) is 11.4. The zero-order chi connectivity index (χ0) is 29.8. The number of nitrogens with zero attached hydrogens (tertiary/aromatic N) is 2. The van der Waals surface area contributed by atoms with E-state index in [2.05, 4.69) is 0 Å². The van der Waals surface area contributed by atoms with Crippen molar-refractivity contribution in [3.8, 4) is 0 Å². The van der Waals surface area contributed by atoms with Gasteiger partial charge in [0.25, 0.3) is 0 Å². The molecule has 3 N–H and O–H groups in total. The van der Waals surface area contributed by atoms with Crippen LogP contribution in [0.1, 0.15) is 75.9 Å². The molecule has 2 atom stereocenters. The number of nitrogens with two attached hydrogens (primary N) is 1. The van der Waals surface area contributed by atoms with Crippen LogP contribution in [0.2, 0.25) is 0 Å². The summed E-state index contributed by atoms with van der Waals surface area (Å²) < 4.78 is 10.6. The lowest BCUT2D eigenvalue weighted by Crippen LogP contribution is -2.47. The Kier molecular flexibility index (Phi) is 9.12. The molecular weight excluding hydrogens is 514 g/mol. The summed E-state index contributed by atoms with van der Waals surface area (Å²) in [7, 11) is 0. The Balaban J connectivity index is 0.000000220. The molecule has 40 heavy (non-hydrogen) atoms. The summed E-state index contributed by atoms with van der Waals surface area (Å²) in [5, 5.41) is 9.45. The van der Waals surface area contributed by atoms with Gasteiger partial charge in [0.15, 0.2) is 6.04 Å². The standard InChI is InChI=1S/C15H20N2O3.C15H19NO4/c1-15(2,3)20-14(19)17-9-8-10-6-4-5-7-11(10)12(17)13(16)18;1-15(2,3)20-14(19)16-9-8-10-6-4-5-7-11(10)12(16)13(17)18/h4-7,12H,8-9H2,1-3H3,(H2,16,18);4-7,12H,8-9H2,1-3H3,(H,17,18)/t2*12-/m11/s1. The van der Waals surface area contributed by atoms with Crippen molar-refractivity contribution in [2.45, 2.75) is 77.7 Å². The normalized spacial score (nSPS) is 18.4. The second kappa shape index (κ2) is 12.0. The van der Waals surface area contributed by atoms with Gasteiger partial charge in [-0.1, -0.05) is 48.5 Å². The van der Waals surface area contributed by atoms with Crippen molar-refractivity contribution in [1.82, 2.24) is 9.80 Å². The minimum atomic E-state index is -1.04. The van der Waals surface area contributed by atoms with Crippen LogP contribution >= 0.6 is 0 Å². The quantitative estimate of drug-likeness (QED) is 0.553. The van der Waals surface area contributed by atoms with Crippen LogP contribution in [0.15, 0.2) is 48.5 Å². The Hall–Kier alpha value is -4.08. The molecule has 2 aliphatic heterocycles. The summed E-state index contributed by atoms with van der Waals surface area (Å²) in [5.41, 5.74) is 7.72. The minimum Gasteiger partial charge on any atom is -0.479 e. The van der Waals surface area contributed by atoms with Gasteiger partial charge < -0.3 is 20.3 Å². The summed E-state index contributed by atoms with van der Waals surface area (Å²) in [5.74, 6) is -1.58. The molecule has 0 aromatic heterocycles. The summed E-state index contributed by atoms with van der Waals surface area (Å²) in [6, 6.07) is 13.1. The molecular formula is C30H39N3O7. The fourth-order valence-corrected chi connectivity index (χ4v) is 4.74. The van der Waals surface area contributed by atoms with Crippen molar-refractivity contribution >= 4 is 24.1 Å². The van der Waals surface area contributed by atoms with Gasteiger partial charge >= 0.3 is 18.2 Å². The predicted molar refractivity (Wildman–Crippen MR) is 148 cm³/mol. The van der Waals surface area contributed by atoms with Gasteiger partial charge in [-0.05, 0) is 76.6 Å². The number of hydrogen-bond donors (Lipinski definition) is 2. The Bertz CT molecular complexity index is 1160. The molecule has 0 spiro atoms. The van der Waals surface area contributed by atoms with Crippen LogP contribution in [0.5, 0.6) is 0 Å². The van der Waals surface area contributed by atoms with Gasteiger partial charge in [-0.2, -0.15) is 0 Å². The van der Waals surface area contributed by atoms with Crippen molar-refractivity contribution in [1.29, 1.82) is 0 Å². The van der Waals surface area contributed by atoms with Crippen LogP contribution in [0.3, 0.4) is 0 Å². The van der Waals surface area contributed by atoms with Crippen LogP contribution in [-0.4, -0.2) is 63.3 Å². The number of carboxylic acids is 1. The van der Waals surface area contributed by atoms with Crippen LogP contribution in [-0.2, 0) is 31.9 Å². The number of primary amides is 1. The molecule has 0 saturated carbocycles.